The molecule has 1 aromatic heterocycles. The van der Waals surface area contributed by atoms with Crippen molar-refractivity contribution in [1.82, 2.24) is 10.2 Å². The lowest BCUT2D eigenvalue weighted by Crippen LogP contribution is -1.92. The normalized spacial score (nSPS) is 10.4. The zero-order valence-electron chi connectivity index (χ0n) is 10.3. The standard InChI is InChI=1S/C14H10ClN3O2/c15-11-2-1-3-12(13(11)16)20-10-6-4-9(5-7-10)14-18-17-8-19-14/h1-8H,16H2. The topological polar surface area (TPSA) is 74.2 Å². The number of anilines is 1. The molecule has 2 aromatic carbocycles. The summed E-state index contributed by atoms with van der Waals surface area (Å²) in [5.41, 5.74) is 7.07. The van der Waals surface area contributed by atoms with E-state index < -0.39 is 0 Å². The summed E-state index contributed by atoms with van der Waals surface area (Å²) in [4.78, 5) is 0. The van der Waals surface area contributed by atoms with E-state index >= 15 is 0 Å². The molecule has 0 saturated carbocycles. The molecule has 0 atom stereocenters. The zero-order chi connectivity index (χ0) is 13.9. The van der Waals surface area contributed by atoms with Gasteiger partial charge in [0.05, 0.1) is 10.7 Å². The van der Waals surface area contributed by atoms with Crippen LogP contribution in [0.5, 0.6) is 11.5 Å². The number of hydrogen-bond donors (Lipinski definition) is 1. The van der Waals surface area contributed by atoms with Crippen molar-refractivity contribution >= 4 is 17.3 Å². The van der Waals surface area contributed by atoms with Gasteiger partial charge in [-0.25, -0.2) is 0 Å². The molecule has 2 N–H and O–H groups in total. The molecule has 0 aliphatic carbocycles. The second-order valence-corrected chi connectivity index (χ2v) is 4.43. The number of halogens is 1. The first-order valence-corrected chi connectivity index (χ1v) is 6.20. The van der Waals surface area contributed by atoms with Crippen LogP contribution in [0.3, 0.4) is 0 Å². The predicted octanol–water partition coefficient (Wildman–Crippen LogP) is 3.76. The van der Waals surface area contributed by atoms with Crippen LogP contribution in [0.25, 0.3) is 11.5 Å². The van der Waals surface area contributed by atoms with Crippen LogP contribution >= 0.6 is 11.6 Å². The van der Waals surface area contributed by atoms with E-state index in [4.69, 9.17) is 26.5 Å². The minimum absolute atomic E-state index is 0.412. The summed E-state index contributed by atoms with van der Waals surface area (Å²) >= 11 is 5.94. The number of nitrogen functional groups attached to an aromatic ring is 1. The lowest BCUT2D eigenvalue weighted by atomic mass is 10.2. The first-order chi connectivity index (χ1) is 9.74. The number of rotatable bonds is 3. The zero-order valence-corrected chi connectivity index (χ0v) is 11.0. The third-order valence-electron chi connectivity index (χ3n) is 2.70. The van der Waals surface area contributed by atoms with Crippen molar-refractivity contribution in [2.24, 2.45) is 0 Å². The molecule has 3 aromatic rings. The molecule has 0 saturated heterocycles. The second-order valence-electron chi connectivity index (χ2n) is 4.02. The van der Waals surface area contributed by atoms with Gasteiger partial charge < -0.3 is 14.9 Å². The maximum absolute atomic E-state index is 5.94. The summed E-state index contributed by atoms with van der Waals surface area (Å²) in [5, 5.41) is 7.92. The van der Waals surface area contributed by atoms with E-state index in [1.54, 1.807) is 30.3 Å². The van der Waals surface area contributed by atoms with Gasteiger partial charge in [-0.1, -0.05) is 17.7 Å². The van der Waals surface area contributed by atoms with Crippen LogP contribution in [-0.4, -0.2) is 10.2 Å². The van der Waals surface area contributed by atoms with Gasteiger partial charge in [-0.3, -0.25) is 0 Å². The Morgan fingerprint density at radius 2 is 1.90 bits per heavy atom. The first-order valence-electron chi connectivity index (χ1n) is 5.82. The van der Waals surface area contributed by atoms with Crippen molar-refractivity contribution in [3.8, 4) is 23.0 Å². The number of nitrogens with two attached hydrogens (primary N) is 1. The van der Waals surface area contributed by atoms with Crippen LogP contribution < -0.4 is 10.5 Å². The molecule has 0 aliphatic rings. The van der Waals surface area contributed by atoms with Crippen molar-refractivity contribution in [3.05, 3.63) is 53.9 Å². The summed E-state index contributed by atoms with van der Waals surface area (Å²) in [6.45, 7) is 0. The Hall–Kier alpha value is -2.53. The smallest absolute Gasteiger partial charge is 0.247 e. The fourth-order valence-electron chi connectivity index (χ4n) is 1.70. The fraction of sp³-hybridized carbons (Fsp3) is 0. The van der Waals surface area contributed by atoms with Gasteiger partial charge in [0.1, 0.15) is 5.75 Å². The highest BCUT2D eigenvalue weighted by molar-refractivity contribution is 6.33. The Balaban J connectivity index is 1.83. The Labute approximate surface area is 120 Å². The van der Waals surface area contributed by atoms with Gasteiger partial charge in [0.15, 0.2) is 5.75 Å². The quantitative estimate of drug-likeness (QED) is 0.742. The molecule has 0 unspecified atom stereocenters. The van der Waals surface area contributed by atoms with E-state index in [2.05, 4.69) is 10.2 Å². The number of benzene rings is 2. The number of ether oxygens (including phenoxy) is 1. The molecule has 20 heavy (non-hydrogen) atoms. The summed E-state index contributed by atoms with van der Waals surface area (Å²) in [7, 11) is 0. The minimum Gasteiger partial charge on any atom is -0.455 e. The van der Waals surface area contributed by atoms with Gasteiger partial charge in [0, 0.05) is 5.56 Å². The van der Waals surface area contributed by atoms with Crippen LogP contribution in [0.4, 0.5) is 5.69 Å². The van der Waals surface area contributed by atoms with Crippen molar-refractivity contribution in [2.75, 3.05) is 5.73 Å². The van der Waals surface area contributed by atoms with Gasteiger partial charge in [0.2, 0.25) is 12.3 Å². The fourth-order valence-corrected chi connectivity index (χ4v) is 1.86. The average Bonchev–Trinajstić information content (AvgIpc) is 2.99. The second kappa shape index (κ2) is 5.22. The van der Waals surface area contributed by atoms with Crippen molar-refractivity contribution in [2.45, 2.75) is 0 Å². The Morgan fingerprint density at radius 3 is 2.60 bits per heavy atom. The summed E-state index contributed by atoms with van der Waals surface area (Å²) in [6, 6.07) is 12.5. The van der Waals surface area contributed by atoms with E-state index in [0.717, 1.165) is 5.56 Å². The number of nitrogens with zero attached hydrogens (tertiary/aromatic N) is 2. The average molecular weight is 288 g/mol. The van der Waals surface area contributed by atoms with Crippen LogP contribution in [0.2, 0.25) is 5.02 Å². The SMILES string of the molecule is Nc1c(Cl)cccc1Oc1ccc(-c2nnco2)cc1. The van der Waals surface area contributed by atoms with Crippen LogP contribution in [0, 0.1) is 0 Å². The number of para-hydroxylation sites is 1. The highest BCUT2D eigenvalue weighted by Gasteiger charge is 2.07. The Morgan fingerprint density at radius 1 is 1.10 bits per heavy atom. The van der Waals surface area contributed by atoms with Crippen LogP contribution in [0.1, 0.15) is 0 Å². The number of hydrogen-bond acceptors (Lipinski definition) is 5. The predicted molar refractivity (Wildman–Crippen MR) is 75.7 cm³/mol. The largest absolute Gasteiger partial charge is 0.455 e. The lowest BCUT2D eigenvalue weighted by Gasteiger charge is -2.09. The Kier molecular flexibility index (Phi) is 3.26. The molecule has 0 amide bonds. The lowest BCUT2D eigenvalue weighted by molar-refractivity contribution is 0.485. The van der Waals surface area contributed by atoms with Gasteiger partial charge in [-0.05, 0) is 36.4 Å². The highest BCUT2D eigenvalue weighted by Crippen LogP contribution is 2.33. The monoisotopic (exact) mass is 287 g/mol. The van der Waals surface area contributed by atoms with E-state index in [-0.39, 0.29) is 0 Å². The highest BCUT2D eigenvalue weighted by atomic mass is 35.5. The molecule has 0 radical (unpaired) electrons. The van der Waals surface area contributed by atoms with Crippen molar-refractivity contribution in [3.63, 3.8) is 0 Å². The van der Waals surface area contributed by atoms with E-state index in [1.165, 1.54) is 6.39 Å². The van der Waals surface area contributed by atoms with Crippen molar-refractivity contribution in [1.29, 1.82) is 0 Å². The molecule has 0 aliphatic heterocycles. The van der Waals surface area contributed by atoms with Crippen molar-refractivity contribution < 1.29 is 9.15 Å². The molecule has 5 nitrogen and oxygen atoms in total. The molecular weight excluding hydrogens is 278 g/mol. The molecule has 3 rings (SSSR count). The van der Waals surface area contributed by atoms with E-state index in [1.807, 2.05) is 12.1 Å². The van der Waals surface area contributed by atoms with Gasteiger partial charge in [-0.2, -0.15) is 0 Å². The molecule has 0 spiro atoms. The summed E-state index contributed by atoms with van der Waals surface area (Å²) < 4.78 is 10.8. The first kappa shape index (κ1) is 12.5. The maximum Gasteiger partial charge on any atom is 0.247 e. The minimum atomic E-state index is 0.412. The third kappa shape index (κ3) is 2.44. The maximum atomic E-state index is 5.94. The summed E-state index contributed by atoms with van der Waals surface area (Å²) in [6.07, 6.45) is 1.28. The van der Waals surface area contributed by atoms with E-state index in [0.29, 0.717) is 28.1 Å². The molecule has 0 fully saturated rings. The molecular formula is C14H10ClN3O2. The van der Waals surface area contributed by atoms with Gasteiger partial charge in [-0.15, -0.1) is 10.2 Å². The van der Waals surface area contributed by atoms with Crippen LogP contribution in [-0.2, 0) is 0 Å². The molecule has 0 bridgehead atoms. The van der Waals surface area contributed by atoms with E-state index in [9.17, 15) is 0 Å². The molecule has 6 heteroatoms. The van der Waals surface area contributed by atoms with Gasteiger partial charge in [0.25, 0.3) is 0 Å². The summed E-state index contributed by atoms with van der Waals surface area (Å²) in [5.74, 6) is 1.61. The molecule has 100 valence electrons. The Bertz CT molecular complexity index is 712. The third-order valence-corrected chi connectivity index (χ3v) is 3.03. The van der Waals surface area contributed by atoms with Crippen LogP contribution in [0.15, 0.2) is 53.3 Å². The number of aromatic nitrogens is 2. The molecule has 1 heterocycles. The van der Waals surface area contributed by atoms with Gasteiger partial charge >= 0.3 is 0 Å².